The molecule has 0 unspecified atom stereocenters. The van der Waals surface area contributed by atoms with Gasteiger partial charge in [0, 0.05) is 38.4 Å². The number of amides is 1. The van der Waals surface area contributed by atoms with Crippen LogP contribution in [0.4, 0.5) is 4.39 Å². The number of para-hydroxylation sites is 1. The van der Waals surface area contributed by atoms with Crippen LogP contribution in [0.25, 0.3) is 17.1 Å². The Labute approximate surface area is 206 Å². The lowest BCUT2D eigenvalue weighted by Gasteiger charge is -2.34. The minimum absolute atomic E-state index is 0.0789. The number of piperazine rings is 1. The summed E-state index contributed by atoms with van der Waals surface area (Å²) in [6.07, 6.45) is 0. The van der Waals surface area contributed by atoms with Crippen molar-refractivity contribution >= 4 is 29.0 Å². The first-order valence-corrected chi connectivity index (χ1v) is 13.0. The lowest BCUT2D eigenvalue weighted by Crippen LogP contribution is -2.48. The smallest absolute Gasteiger partial charge is 0.233 e. The van der Waals surface area contributed by atoms with Crippen molar-refractivity contribution < 1.29 is 9.18 Å². The topological polar surface area (TPSA) is 54.3 Å². The number of hydrogen-bond acceptors (Lipinski definition) is 6. The van der Waals surface area contributed by atoms with Crippen molar-refractivity contribution in [2.24, 2.45) is 0 Å². The molecule has 1 fully saturated rings. The number of hydrogen-bond donors (Lipinski definition) is 0. The minimum Gasteiger partial charge on any atom is -0.339 e. The highest BCUT2D eigenvalue weighted by atomic mass is 32.2. The summed E-state index contributed by atoms with van der Waals surface area (Å²) in [6.45, 7) is 4.10. The van der Waals surface area contributed by atoms with E-state index in [1.54, 1.807) is 29.5 Å². The fraction of sp³-hybridized carbons (Fsp3) is 0.240. The van der Waals surface area contributed by atoms with Crippen molar-refractivity contribution in [3.05, 3.63) is 82.8 Å². The van der Waals surface area contributed by atoms with Crippen LogP contribution in [0.5, 0.6) is 0 Å². The molecule has 4 aromatic rings. The number of thioether (sulfide) groups is 1. The van der Waals surface area contributed by atoms with Gasteiger partial charge in [0.15, 0.2) is 11.0 Å². The average molecular weight is 494 g/mol. The predicted molar refractivity (Wildman–Crippen MR) is 134 cm³/mol. The van der Waals surface area contributed by atoms with E-state index in [4.69, 9.17) is 0 Å². The Balaban J connectivity index is 1.27. The molecule has 2 aromatic heterocycles. The quantitative estimate of drug-likeness (QED) is 0.353. The molecule has 174 valence electrons. The Bertz CT molecular complexity index is 1240. The standard InChI is InChI=1S/C25H24FN5OS2/c26-22-9-5-4-8-21(22)24-27-28-25(31(24)20-6-2-1-3-7-20)34-18-23(32)30-13-11-29(12-14-30)16-19-10-15-33-17-19/h1-10,15,17H,11-14,16,18H2. The third-order valence-electron chi connectivity index (χ3n) is 5.80. The summed E-state index contributed by atoms with van der Waals surface area (Å²) in [6, 6.07) is 18.3. The molecule has 0 N–H and O–H groups in total. The maximum Gasteiger partial charge on any atom is 0.233 e. The molecule has 0 aliphatic carbocycles. The maximum absolute atomic E-state index is 14.5. The van der Waals surface area contributed by atoms with Crippen LogP contribution in [0, 0.1) is 5.82 Å². The Kier molecular flexibility index (Phi) is 7.03. The Morgan fingerprint density at radius 2 is 1.74 bits per heavy atom. The molecule has 2 aromatic carbocycles. The van der Waals surface area contributed by atoms with Gasteiger partial charge < -0.3 is 4.90 Å². The monoisotopic (exact) mass is 493 g/mol. The van der Waals surface area contributed by atoms with Crippen LogP contribution < -0.4 is 0 Å². The normalized spacial score (nSPS) is 14.4. The Hall–Kier alpha value is -3.01. The zero-order valence-corrected chi connectivity index (χ0v) is 20.1. The molecule has 1 amide bonds. The van der Waals surface area contributed by atoms with E-state index in [2.05, 4.69) is 31.9 Å². The zero-order chi connectivity index (χ0) is 23.3. The van der Waals surface area contributed by atoms with Crippen LogP contribution >= 0.6 is 23.1 Å². The summed E-state index contributed by atoms with van der Waals surface area (Å²) in [4.78, 5) is 17.2. The third-order valence-corrected chi connectivity index (χ3v) is 7.44. The van der Waals surface area contributed by atoms with Crippen LogP contribution in [-0.4, -0.2) is 62.4 Å². The van der Waals surface area contributed by atoms with E-state index in [0.717, 1.165) is 38.4 Å². The fourth-order valence-electron chi connectivity index (χ4n) is 4.00. The number of thiophene rings is 1. The molecule has 0 saturated carbocycles. The molecular formula is C25H24FN5OS2. The van der Waals surface area contributed by atoms with Gasteiger partial charge in [0.1, 0.15) is 5.82 Å². The molecule has 0 radical (unpaired) electrons. The van der Waals surface area contributed by atoms with Gasteiger partial charge in [-0.1, -0.05) is 42.1 Å². The summed E-state index contributed by atoms with van der Waals surface area (Å²) >= 11 is 3.04. The van der Waals surface area contributed by atoms with Crippen LogP contribution in [-0.2, 0) is 11.3 Å². The van der Waals surface area contributed by atoms with Gasteiger partial charge in [0.2, 0.25) is 5.91 Å². The average Bonchev–Trinajstić information content (AvgIpc) is 3.54. The van der Waals surface area contributed by atoms with E-state index in [-0.39, 0.29) is 17.5 Å². The van der Waals surface area contributed by atoms with Gasteiger partial charge >= 0.3 is 0 Å². The van der Waals surface area contributed by atoms with Crippen molar-refractivity contribution in [2.75, 3.05) is 31.9 Å². The number of rotatable bonds is 7. The van der Waals surface area contributed by atoms with E-state index >= 15 is 0 Å². The number of nitrogens with zero attached hydrogens (tertiary/aromatic N) is 5. The van der Waals surface area contributed by atoms with E-state index in [0.29, 0.717) is 16.5 Å². The maximum atomic E-state index is 14.5. The lowest BCUT2D eigenvalue weighted by molar-refractivity contribution is -0.130. The Morgan fingerprint density at radius 3 is 2.47 bits per heavy atom. The molecule has 3 heterocycles. The van der Waals surface area contributed by atoms with Crippen molar-refractivity contribution in [3.63, 3.8) is 0 Å². The molecule has 1 aliphatic rings. The Morgan fingerprint density at radius 1 is 0.971 bits per heavy atom. The third kappa shape index (κ3) is 5.06. The first kappa shape index (κ1) is 22.8. The summed E-state index contributed by atoms with van der Waals surface area (Å²) in [5.41, 5.74) is 2.52. The number of carbonyl (C=O) groups is 1. The predicted octanol–water partition coefficient (Wildman–Crippen LogP) is 4.57. The second kappa shape index (κ2) is 10.5. The van der Waals surface area contributed by atoms with Crippen molar-refractivity contribution in [1.82, 2.24) is 24.6 Å². The van der Waals surface area contributed by atoms with E-state index in [1.165, 1.54) is 23.4 Å². The van der Waals surface area contributed by atoms with E-state index < -0.39 is 0 Å². The van der Waals surface area contributed by atoms with Crippen molar-refractivity contribution in [3.8, 4) is 17.1 Å². The molecule has 0 spiro atoms. The minimum atomic E-state index is -0.361. The van der Waals surface area contributed by atoms with Gasteiger partial charge in [-0.25, -0.2) is 4.39 Å². The van der Waals surface area contributed by atoms with Gasteiger partial charge in [-0.3, -0.25) is 14.3 Å². The van der Waals surface area contributed by atoms with Crippen LogP contribution in [0.2, 0.25) is 0 Å². The summed E-state index contributed by atoms with van der Waals surface area (Å²) in [5, 5.41) is 13.4. The molecule has 0 atom stereocenters. The molecule has 1 aliphatic heterocycles. The molecule has 9 heteroatoms. The molecule has 34 heavy (non-hydrogen) atoms. The summed E-state index contributed by atoms with van der Waals surface area (Å²) in [5.74, 6) is 0.392. The van der Waals surface area contributed by atoms with Crippen LogP contribution in [0.15, 0.2) is 76.6 Å². The second-order valence-electron chi connectivity index (χ2n) is 8.03. The van der Waals surface area contributed by atoms with Gasteiger partial charge in [-0.05, 0) is 46.7 Å². The van der Waals surface area contributed by atoms with Crippen molar-refractivity contribution in [1.29, 1.82) is 0 Å². The van der Waals surface area contributed by atoms with Crippen LogP contribution in [0.3, 0.4) is 0 Å². The number of carbonyl (C=O) groups excluding carboxylic acids is 1. The SMILES string of the molecule is O=C(CSc1nnc(-c2ccccc2F)n1-c1ccccc1)N1CCN(Cc2ccsc2)CC1. The first-order chi connectivity index (χ1) is 16.7. The van der Waals surface area contributed by atoms with Gasteiger partial charge in [0.05, 0.1) is 11.3 Å². The van der Waals surface area contributed by atoms with Crippen molar-refractivity contribution in [2.45, 2.75) is 11.7 Å². The van der Waals surface area contributed by atoms with Gasteiger partial charge in [0.25, 0.3) is 0 Å². The van der Waals surface area contributed by atoms with E-state index in [9.17, 15) is 9.18 Å². The summed E-state index contributed by atoms with van der Waals surface area (Å²) < 4.78 is 16.4. The highest BCUT2D eigenvalue weighted by molar-refractivity contribution is 7.99. The number of halogens is 1. The fourth-order valence-corrected chi connectivity index (χ4v) is 5.52. The first-order valence-electron chi connectivity index (χ1n) is 11.1. The van der Waals surface area contributed by atoms with E-state index in [1.807, 2.05) is 39.8 Å². The molecule has 0 bridgehead atoms. The summed E-state index contributed by atoms with van der Waals surface area (Å²) in [7, 11) is 0. The van der Waals surface area contributed by atoms with Crippen LogP contribution in [0.1, 0.15) is 5.56 Å². The lowest BCUT2D eigenvalue weighted by atomic mass is 10.2. The van der Waals surface area contributed by atoms with Gasteiger partial charge in [-0.2, -0.15) is 11.3 Å². The molecule has 1 saturated heterocycles. The number of benzene rings is 2. The highest BCUT2D eigenvalue weighted by Crippen LogP contribution is 2.29. The second-order valence-corrected chi connectivity index (χ2v) is 9.76. The largest absolute Gasteiger partial charge is 0.339 e. The van der Waals surface area contributed by atoms with Gasteiger partial charge in [-0.15, -0.1) is 10.2 Å². The highest BCUT2D eigenvalue weighted by Gasteiger charge is 2.23. The number of aromatic nitrogens is 3. The zero-order valence-electron chi connectivity index (χ0n) is 18.5. The molecular weight excluding hydrogens is 469 g/mol. The molecule has 5 rings (SSSR count). The molecule has 6 nitrogen and oxygen atoms in total.